The van der Waals surface area contributed by atoms with E-state index in [2.05, 4.69) is 41.0 Å². The molecule has 4 heteroatoms. The Kier molecular flexibility index (Phi) is 5.48. The third-order valence-corrected chi connectivity index (χ3v) is 5.46. The molecule has 1 amide bonds. The van der Waals surface area contributed by atoms with Crippen molar-refractivity contribution in [1.82, 2.24) is 4.57 Å². The predicted molar refractivity (Wildman–Crippen MR) is 119 cm³/mol. The zero-order valence-electron chi connectivity index (χ0n) is 16.8. The lowest BCUT2D eigenvalue weighted by atomic mass is 10.0. The van der Waals surface area contributed by atoms with Crippen LogP contribution in [0.5, 0.6) is 0 Å². The molecule has 0 radical (unpaired) electrons. The van der Waals surface area contributed by atoms with Gasteiger partial charge in [0.15, 0.2) is 0 Å². The topological polar surface area (TPSA) is 48.0 Å². The van der Waals surface area contributed by atoms with Crippen LogP contribution in [0, 0.1) is 12.7 Å². The molecule has 4 rings (SSSR count). The van der Waals surface area contributed by atoms with Crippen LogP contribution >= 0.6 is 0 Å². The number of primary amides is 1. The van der Waals surface area contributed by atoms with Crippen molar-refractivity contribution in [3.63, 3.8) is 0 Å². The number of carbonyl (C=O) groups is 1. The van der Waals surface area contributed by atoms with E-state index >= 15 is 0 Å². The Bertz CT molecular complexity index is 1160. The van der Waals surface area contributed by atoms with Gasteiger partial charge in [0.05, 0.1) is 5.56 Å². The fraction of sp³-hybridized carbons (Fsp3) is 0.115. The number of hydrogen-bond acceptors (Lipinski definition) is 1. The molecule has 150 valence electrons. The molecule has 0 saturated heterocycles. The van der Waals surface area contributed by atoms with Crippen LogP contribution in [0.15, 0.2) is 84.9 Å². The summed E-state index contributed by atoms with van der Waals surface area (Å²) in [6.07, 6.45) is 0.725. The van der Waals surface area contributed by atoms with Crippen molar-refractivity contribution in [2.45, 2.75) is 19.9 Å². The van der Waals surface area contributed by atoms with E-state index in [0.29, 0.717) is 12.1 Å². The molecular weight excluding hydrogens is 375 g/mol. The first-order chi connectivity index (χ1) is 14.5. The number of hydrogen-bond donors (Lipinski definition) is 1. The van der Waals surface area contributed by atoms with Crippen LogP contribution in [-0.4, -0.2) is 10.5 Å². The maximum absolute atomic E-state index is 13.2. The minimum absolute atomic E-state index is 0.244. The average Bonchev–Trinajstić information content (AvgIpc) is 3.10. The molecule has 0 aliphatic carbocycles. The van der Waals surface area contributed by atoms with Gasteiger partial charge in [0.25, 0.3) is 5.91 Å². The summed E-state index contributed by atoms with van der Waals surface area (Å²) in [6.45, 7) is 2.58. The second kappa shape index (κ2) is 8.37. The van der Waals surface area contributed by atoms with Gasteiger partial charge in [-0.2, -0.15) is 0 Å². The highest BCUT2D eigenvalue weighted by atomic mass is 19.1. The van der Waals surface area contributed by atoms with Crippen LogP contribution in [0.4, 0.5) is 4.39 Å². The Labute approximate surface area is 175 Å². The summed E-state index contributed by atoms with van der Waals surface area (Å²) >= 11 is 0. The number of aromatic nitrogens is 1. The maximum atomic E-state index is 13.2. The normalized spacial score (nSPS) is 10.9. The molecule has 0 aliphatic rings. The molecule has 0 bridgehead atoms. The number of nitrogens with zero attached hydrogens (tertiary/aromatic N) is 1. The first-order valence-corrected chi connectivity index (χ1v) is 9.93. The van der Waals surface area contributed by atoms with Gasteiger partial charge >= 0.3 is 0 Å². The smallest absolute Gasteiger partial charge is 0.250 e. The van der Waals surface area contributed by atoms with Gasteiger partial charge in [0.2, 0.25) is 0 Å². The summed E-state index contributed by atoms with van der Waals surface area (Å²) < 4.78 is 15.3. The molecule has 0 aliphatic heterocycles. The largest absolute Gasteiger partial charge is 0.366 e. The fourth-order valence-electron chi connectivity index (χ4n) is 3.78. The molecule has 1 aromatic heterocycles. The van der Waals surface area contributed by atoms with Gasteiger partial charge in [-0.25, -0.2) is 4.39 Å². The summed E-state index contributed by atoms with van der Waals surface area (Å²) in [5.74, 6) is -0.679. The summed E-state index contributed by atoms with van der Waals surface area (Å²) in [4.78, 5) is 11.9. The number of amides is 1. The van der Waals surface area contributed by atoms with Crippen LogP contribution in [0.1, 0.15) is 21.6 Å². The lowest BCUT2D eigenvalue weighted by Crippen LogP contribution is -2.13. The molecule has 2 N–H and O–H groups in total. The van der Waals surface area contributed by atoms with Crippen molar-refractivity contribution in [1.29, 1.82) is 0 Å². The van der Waals surface area contributed by atoms with Crippen LogP contribution in [0.25, 0.3) is 22.4 Å². The van der Waals surface area contributed by atoms with Gasteiger partial charge in [-0.05, 0) is 53.8 Å². The molecule has 30 heavy (non-hydrogen) atoms. The Balaban J connectivity index is 1.67. The number of rotatable bonds is 6. The number of benzene rings is 3. The summed E-state index contributed by atoms with van der Waals surface area (Å²) in [7, 11) is 0. The molecule has 0 spiro atoms. The standard InChI is InChI=1S/C26H23FN2O/c1-18-24(26(28)30)17-25(29(18)16-15-19-7-13-23(27)14-8-19)22-11-9-21(10-12-22)20-5-3-2-4-6-20/h2-14,17H,15-16H2,1H3,(H2,28,30). The van der Waals surface area contributed by atoms with Crippen LogP contribution < -0.4 is 5.73 Å². The van der Waals surface area contributed by atoms with E-state index < -0.39 is 5.91 Å². The van der Waals surface area contributed by atoms with Gasteiger partial charge in [0, 0.05) is 17.9 Å². The molecule has 4 aromatic rings. The Morgan fingerprint density at radius 3 is 2.10 bits per heavy atom. The van der Waals surface area contributed by atoms with Gasteiger partial charge < -0.3 is 10.3 Å². The van der Waals surface area contributed by atoms with E-state index in [4.69, 9.17) is 5.73 Å². The minimum Gasteiger partial charge on any atom is -0.366 e. The Hall–Kier alpha value is -3.66. The summed E-state index contributed by atoms with van der Waals surface area (Å²) in [5, 5.41) is 0. The van der Waals surface area contributed by atoms with Gasteiger partial charge in [0.1, 0.15) is 5.82 Å². The number of aryl methyl sites for hydroxylation is 1. The third kappa shape index (κ3) is 4.03. The van der Waals surface area contributed by atoms with Gasteiger partial charge in [-0.3, -0.25) is 4.79 Å². The van der Waals surface area contributed by atoms with E-state index in [-0.39, 0.29) is 5.82 Å². The average molecular weight is 398 g/mol. The Morgan fingerprint density at radius 2 is 1.47 bits per heavy atom. The van der Waals surface area contributed by atoms with Crippen molar-refractivity contribution in [2.24, 2.45) is 5.73 Å². The maximum Gasteiger partial charge on any atom is 0.250 e. The Morgan fingerprint density at radius 1 is 0.867 bits per heavy atom. The number of halogens is 1. The van der Waals surface area contributed by atoms with Crippen molar-refractivity contribution >= 4 is 5.91 Å². The van der Waals surface area contributed by atoms with E-state index in [1.165, 1.54) is 12.1 Å². The van der Waals surface area contributed by atoms with E-state index in [1.807, 2.05) is 31.2 Å². The molecule has 0 saturated carbocycles. The molecule has 1 heterocycles. The minimum atomic E-state index is -0.435. The predicted octanol–water partition coefficient (Wildman–Crippen LogP) is 5.61. The zero-order valence-corrected chi connectivity index (χ0v) is 16.8. The first kappa shape index (κ1) is 19.6. The molecule has 0 fully saturated rings. The van der Waals surface area contributed by atoms with Crippen molar-refractivity contribution < 1.29 is 9.18 Å². The van der Waals surface area contributed by atoms with Crippen molar-refractivity contribution in [3.05, 3.63) is 108 Å². The van der Waals surface area contributed by atoms with Crippen molar-refractivity contribution in [3.8, 4) is 22.4 Å². The van der Waals surface area contributed by atoms with Crippen molar-refractivity contribution in [2.75, 3.05) is 0 Å². The van der Waals surface area contributed by atoms with E-state index in [9.17, 15) is 9.18 Å². The van der Waals surface area contributed by atoms with Crippen LogP contribution in [-0.2, 0) is 13.0 Å². The third-order valence-electron chi connectivity index (χ3n) is 5.46. The molecular formula is C26H23FN2O. The second-order valence-corrected chi connectivity index (χ2v) is 7.36. The molecule has 3 nitrogen and oxygen atoms in total. The van der Waals surface area contributed by atoms with Gasteiger partial charge in [-0.15, -0.1) is 0 Å². The lowest BCUT2D eigenvalue weighted by Gasteiger charge is -2.13. The van der Waals surface area contributed by atoms with Crippen LogP contribution in [0.2, 0.25) is 0 Å². The highest BCUT2D eigenvalue weighted by Crippen LogP contribution is 2.29. The zero-order chi connectivity index (χ0) is 21.1. The first-order valence-electron chi connectivity index (χ1n) is 9.93. The highest BCUT2D eigenvalue weighted by molar-refractivity contribution is 5.95. The van der Waals surface area contributed by atoms with E-state index in [1.54, 1.807) is 12.1 Å². The fourth-order valence-corrected chi connectivity index (χ4v) is 3.78. The quantitative estimate of drug-likeness (QED) is 0.451. The summed E-state index contributed by atoms with van der Waals surface area (Å²) in [6, 6.07) is 26.9. The number of nitrogens with two attached hydrogens (primary N) is 1. The van der Waals surface area contributed by atoms with Gasteiger partial charge in [-0.1, -0.05) is 66.7 Å². The van der Waals surface area contributed by atoms with Crippen LogP contribution in [0.3, 0.4) is 0 Å². The number of carbonyl (C=O) groups excluding carboxylic acids is 1. The second-order valence-electron chi connectivity index (χ2n) is 7.36. The highest BCUT2D eigenvalue weighted by Gasteiger charge is 2.17. The molecule has 3 aromatic carbocycles. The lowest BCUT2D eigenvalue weighted by molar-refractivity contribution is 0.0999. The summed E-state index contributed by atoms with van der Waals surface area (Å²) in [5.41, 5.74) is 12.3. The monoisotopic (exact) mass is 398 g/mol. The SMILES string of the molecule is Cc1c(C(N)=O)cc(-c2ccc(-c3ccccc3)cc2)n1CCc1ccc(F)cc1. The molecule has 0 atom stereocenters. The van der Waals surface area contributed by atoms with E-state index in [0.717, 1.165) is 40.1 Å². The molecule has 0 unspecified atom stereocenters.